The Morgan fingerprint density at radius 1 is 1.11 bits per heavy atom. The molecule has 2 N–H and O–H groups in total. The van der Waals surface area contributed by atoms with Gasteiger partial charge >= 0.3 is 0 Å². The number of hydrogen-bond donors (Lipinski definition) is 2. The molecule has 0 aliphatic carbocycles. The Balaban J connectivity index is 1.37. The lowest BCUT2D eigenvalue weighted by atomic mass is 10.0. The highest BCUT2D eigenvalue weighted by Gasteiger charge is 2.27. The maximum absolute atomic E-state index is 13.1. The van der Waals surface area contributed by atoms with E-state index < -0.39 is 0 Å². The zero-order chi connectivity index (χ0) is 26.5. The van der Waals surface area contributed by atoms with Gasteiger partial charge in [-0.05, 0) is 67.8 Å². The van der Waals surface area contributed by atoms with Crippen LogP contribution in [0.5, 0.6) is 17.2 Å². The number of anilines is 1. The number of phenols is 1. The fourth-order valence-electron chi connectivity index (χ4n) is 4.74. The summed E-state index contributed by atoms with van der Waals surface area (Å²) in [5.74, 6) is 1.63. The maximum Gasteiger partial charge on any atom is 0.251 e. The number of aromatic hydroxyl groups is 1. The second kappa shape index (κ2) is 11.9. The molecule has 1 aliphatic heterocycles. The minimum atomic E-state index is -0.144. The Morgan fingerprint density at radius 2 is 1.89 bits per heavy atom. The van der Waals surface area contributed by atoms with E-state index in [1.54, 1.807) is 24.3 Å². The summed E-state index contributed by atoms with van der Waals surface area (Å²) in [6.45, 7) is 11.9. The third-order valence-corrected chi connectivity index (χ3v) is 7.16. The van der Waals surface area contributed by atoms with Crippen LogP contribution in [0, 0.1) is 12.8 Å². The molecule has 7 heteroatoms. The highest BCUT2D eigenvalue weighted by Crippen LogP contribution is 2.31. The molecule has 2 atom stereocenters. The lowest BCUT2D eigenvalue weighted by Gasteiger charge is -2.42. The van der Waals surface area contributed by atoms with E-state index >= 15 is 0 Å². The summed E-state index contributed by atoms with van der Waals surface area (Å²) in [6, 6.07) is 20.6. The van der Waals surface area contributed by atoms with Gasteiger partial charge in [0.1, 0.15) is 17.2 Å². The second-order valence-electron chi connectivity index (χ2n) is 10.2. The van der Waals surface area contributed by atoms with Crippen molar-refractivity contribution in [2.24, 2.45) is 5.92 Å². The van der Waals surface area contributed by atoms with Crippen LogP contribution in [0.3, 0.4) is 0 Å². The van der Waals surface area contributed by atoms with Crippen molar-refractivity contribution in [1.29, 1.82) is 0 Å². The molecule has 4 rings (SSSR count). The summed E-state index contributed by atoms with van der Waals surface area (Å²) in [4.78, 5) is 17.9. The molecule has 1 fully saturated rings. The quantitative estimate of drug-likeness (QED) is 0.374. The van der Waals surface area contributed by atoms with Gasteiger partial charge in [-0.3, -0.25) is 9.69 Å². The smallest absolute Gasteiger partial charge is 0.251 e. The minimum Gasteiger partial charge on any atom is -0.508 e. The molecular formula is C30H36ClN3O3. The fraction of sp³-hybridized carbons (Fsp3) is 0.367. The Hall–Kier alpha value is -3.22. The van der Waals surface area contributed by atoms with Crippen LogP contribution < -0.4 is 15.0 Å². The van der Waals surface area contributed by atoms with Crippen molar-refractivity contribution in [3.8, 4) is 17.2 Å². The maximum atomic E-state index is 13.1. The van der Waals surface area contributed by atoms with E-state index in [0.717, 1.165) is 37.4 Å². The number of aryl methyl sites for hydroxylation is 1. The zero-order valence-electron chi connectivity index (χ0n) is 21.9. The Morgan fingerprint density at radius 3 is 2.57 bits per heavy atom. The minimum absolute atomic E-state index is 0.00554. The molecule has 1 saturated heterocycles. The molecule has 0 radical (unpaired) electrons. The molecule has 1 heterocycles. The number of benzene rings is 3. The van der Waals surface area contributed by atoms with Crippen LogP contribution in [0.25, 0.3) is 0 Å². The van der Waals surface area contributed by atoms with Crippen LogP contribution in [0.2, 0.25) is 5.02 Å². The van der Waals surface area contributed by atoms with Crippen LogP contribution in [-0.2, 0) is 0 Å². The average Bonchev–Trinajstić information content (AvgIpc) is 2.85. The van der Waals surface area contributed by atoms with E-state index in [4.69, 9.17) is 16.3 Å². The van der Waals surface area contributed by atoms with E-state index in [1.165, 1.54) is 0 Å². The van der Waals surface area contributed by atoms with Crippen LogP contribution in [0.1, 0.15) is 36.7 Å². The molecule has 1 amide bonds. The highest BCUT2D eigenvalue weighted by atomic mass is 35.5. The first kappa shape index (κ1) is 26.8. The van der Waals surface area contributed by atoms with Gasteiger partial charge in [-0.15, -0.1) is 0 Å². The summed E-state index contributed by atoms with van der Waals surface area (Å²) < 4.78 is 5.91. The molecule has 1 aliphatic rings. The summed E-state index contributed by atoms with van der Waals surface area (Å²) in [5, 5.41) is 13.5. The molecule has 0 saturated carbocycles. The topological polar surface area (TPSA) is 65.0 Å². The van der Waals surface area contributed by atoms with Crippen molar-refractivity contribution in [3.63, 3.8) is 0 Å². The third kappa shape index (κ3) is 6.96. The number of hydrogen-bond acceptors (Lipinski definition) is 5. The molecule has 0 unspecified atom stereocenters. The number of halogens is 1. The van der Waals surface area contributed by atoms with Gasteiger partial charge in [0.05, 0.1) is 5.02 Å². The predicted octanol–water partition coefficient (Wildman–Crippen LogP) is 6.11. The average molecular weight is 522 g/mol. The largest absolute Gasteiger partial charge is 0.508 e. The van der Waals surface area contributed by atoms with Crippen molar-refractivity contribution < 1.29 is 14.6 Å². The molecule has 3 aromatic carbocycles. The van der Waals surface area contributed by atoms with Crippen LogP contribution in [0.15, 0.2) is 66.7 Å². The molecular weight excluding hydrogens is 486 g/mol. The number of carbonyl (C=O) groups excluding carboxylic acids is 1. The molecule has 37 heavy (non-hydrogen) atoms. The SMILES string of the molecule is Cc1cccc(Oc2ccc(C(=O)N[C@H](CN3CCN(c4cccc(O)c4)[C@@H](C)C3)C(C)C)cc2Cl)c1. The van der Waals surface area contributed by atoms with E-state index in [0.29, 0.717) is 28.1 Å². The van der Waals surface area contributed by atoms with Gasteiger partial charge in [0.15, 0.2) is 0 Å². The number of nitrogens with zero attached hydrogens (tertiary/aromatic N) is 2. The number of nitrogens with one attached hydrogen (secondary N) is 1. The second-order valence-corrected chi connectivity index (χ2v) is 10.6. The molecule has 6 nitrogen and oxygen atoms in total. The monoisotopic (exact) mass is 521 g/mol. The van der Waals surface area contributed by atoms with Crippen molar-refractivity contribution in [1.82, 2.24) is 10.2 Å². The van der Waals surface area contributed by atoms with E-state index in [9.17, 15) is 9.90 Å². The predicted molar refractivity (Wildman–Crippen MR) is 150 cm³/mol. The van der Waals surface area contributed by atoms with Gasteiger partial charge in [-0.2, -0.15) is 0 Å². The van der Waals surface area contributed by atoms with Gasteiger partial charge in [0, 0.05) is 55.6 Å². The first-order chi connectivity index (χ1) is 17.7. The Kier molecular flexibility index (Phi) is 8.62. The number of carbonyl (C=O) groups is 1. The zero-order valence-corrected chi connectivity index (χ0v) is 22.7. The van der Waals surface area contributed by atoms with E-state index in [2.05, 4.69) is 35.9 Å². The number of ether oxygens (including phenoxy) is 1. The van der Waals surface area contributed by atoms with Crippen molar-refractivity contribution in [2.75, 3.05) is 31.1 Å². The van der Waals surface area contributed by atoms with Crippen molar-refractivity contribution in [3.05, 3.63) is 82.9 Å². The third-order valence-electron chi connectivity index (χ3n) is 6.86. The summed E-state index contributed by atoms with van der Waals surface area (Å²) in [5.41, 5.74) is 2.64. The Labute approximate surface area is 224 Å². The highest BCUT2D eigenvalue weighted by molar-refractivity contribution is 6.32. The van der Waals surface area contributed by atoms with Gasteiger partial charge in [-0.1, -0.05) is 43.6 Å². The van der Waals surface area contributed by atoms with Crippen LogP contribution >= 0.6 is 11.6 Å². The number of rotatable bonds is 8. The Bertz CT molecular complexity index is 1230. The molecule has 0 spiro atoms. The van der Waals surface area contributed by atoms with Crippen molar-refractivity contribution in [2.45, 2.75) is 39.8 Å². The normalized spacial score (nSPS) is 17.0. The number of amides is 1. The fourth-order valence-corrected chi connectivity index (χ4v) is 4.96. The molecule has 0 aromatic heterocycles. The summed E-state index contributed by atoms with van der Waals surface area (Å²) >= 11 is 6.47. The lowest BCUT2D eigenvalue weighted by molar-refractivity contribution is 0.0903. The lowest BCUT2D eigenvalue weighted by Crippen LogP contribution is -2.56. The summed E-state index contributed by atoms with van der Waals surface area (Å²) in [7, 11) is 0. The number of phenolic OH excluding ortho intramolecular Hbond substituents is 1. The number of piperazine rings is 1. The van der Waals surface area contributed by atoms with E-state index in [-0.39, 0.29) is 23.6 Å². The van der Waals surface area contributed by atoms with Gasteiger partial charge < -0.3 is 20.1 Å². The van der Waals surface area contributed by atoms with Crippen LogP contribution in [-0.4, -0.2) is 54.2 Å². The van der Waals surface area contributed by atoms with Crippen LogP contribution in [0.4, 0.5) is 5.69 Å². The standard InChI is InChI=1S/C30H36ClN3O3/c1-20(2)28(19-33-13-14-34(22(4)18-33)24-8-6-9-25(35)17-24)32-30(36)23-11-12-29(27(31)16-23)37-26-10-5-7-21(3)15-26/h5-12,15-17,20,22,28,35H,13-14,18-19H2,1-4H3,(H,32,36)/t22-,28+/m0/s1. The first-order valence-corrected chi connectivity index (χ1v) is 13.2. The van der Waals surface area contributed by atoms with Gasteiger partial charge in [-0.25, -0.2) is 0 Å². The first-order valence-electron chi connectivity index (χ1n) is 12.8. The molecule has 196 valence electrons. The van der Waals surface area contributed by atoms with E-state index in [1.807, 2.05) is 49.4 Å². The molecule has 3 aromatic rings. The summed E-state index contributed by atoms with van der Waals surface area (Å²) in [6.07, 6.45) is 0. The van der Waals surface area contributed by atoms with Gasteiger partial charge in [0.25, 0.3) is 5.91 Å². The van der Waals surface area contributed by atoms with Gasteiger partial charge in [0.2, 0.25) is 0 Å². The van der Waals surface area contributed by atoms with Crippen molar-refractivity contribution >= 4 is 23.2 Å². The molecule has 0 bridgehead atoms.